The molecule has 30 heavy (non-hydrogen) atoms. The smallest absolute Gasteiger partial charge is 0.270 e. The number of nitrogens with one attached hydrogen (secondary N) is 3. The van der Waals surface area contributed by atoms with Crippen LogP contribution in [0.5, 0.6) is 0 Å². The van der Waals surface area contributed by atoms with Crippen molar-refractivity contribution in [3.8, 4) is 0 Å². The number of piperazine rings is 1. The Kier molecular flexibility index (Phi) is 3.03. The molecule has 0 aliphatic carbocycles. The normalized spacial score (nSPS) is 25.5. The van der Waals surface area contributed by atoms with Crippen LogP contribution in [-0.4, -0.2) is 61.4 Å². The first kappa shape index (κ1) is 12.3. The van der Waals surface area contributed by atoms with Crippen LogP contribution in [0.1, 0.15) is 21.5 Å². The van der Waals surface area contributed by atoms with E-state index in [9.17, 15) is 18.0 Å². The molecule has 4 rings (SSSR count). The molecule has 0 radical (unpaired) electrons. The van der Waals surface area contributed by atoms with Gasteiger partial charge >= 0.3 is 0 Å². The Bertz CT molecular complexity index is 1590. The monoisotopic (exact) mass is 438 g/mol. The first-order valence-corrected chi connectivity index (χ1v) is 10.4. The second kappa shape index (κ2) is 7.41. The van der Waals surface area contributed by atoms with Gasteiger partial charge in [0.15, 0.2) is 0 Å². The third-order valence-corrected chi connectivity index (χ3v) is 4.66. The minimum atomic E-state index is -3.62. The molecule has 0 unspecified atom stereocenters. The number of pyridine rings is 1. The van der Waals surface area contributed by atoms with Crippen molar-refractivity contribution in [1.29, 1.82) is 0 Å². The number of nitrogen functional groups attached to an aromatic ring is 1. The van der Waals surface area contributed by atoms with E-state index < -0.39 is 59.0 Å². The molecule has 1 saturated heterocycles. The fourth-order valence-corrected chi connectivity index (χ4v) is 3.33. The summed E-state index contributed by atoms with van der Waals surface area (Å²) in [6, 6.07) is 7.32. The number of aromatic nitrogens is 2. The van der Waals surface area contributed by atoms with Crippen LogP contribution in [-0.2, 0) is 10.0 Å². The summed E-state index contributed by atoms with van der Waals surface area (Å²) in [6.07, 6.45) is 0.938. The van der Waals surface area contributed by atoms with Crippen molar-refractivity contribution in [3.63, 3.8) is 0 Å². The molecule has 0 bridgehead atoms. The summed E-state index contributed by atoms with van der Waals surface area (Å²) in [6.45, 7) is -14.0. The van der Waals surface area contributed by atoms with Gasteiger partial charge in [-0.15, -0.1) is 0 Å². The van der Waals surface area contributed by atoms with E-state index in [2.05, 4.69) is 14.7 Å². The largest absolute Gasteiger partial charge is 0.396 e. The molecule has 1 fully saturated rings. The van der Waals surface area contributed by atoms with Crippen molar-refractivity contribution in [3.05, 3.63) is 52.4 Å². The fourth-order valence-electron chi connectivity index (χ4n) is 2.78. The topological polar surface area (TPSA) is 144 Å². The number of nitrogens with zero attached hydrogens (tertiary/aromatic N) is 2. The number of hydrogen-bond acceptors (Lipinski definition) is 6. The summed E-state index contributed by atoms with van der Waals surface area (Å²) >= 11 is 0. The number of anilines is 3. The van der Waals surface area contributed by atoms with E-state index in [1.165, 1.54) is 24.3 Å². The van der Waals surface area contributed by atoms with Gasteiger partial charge in [0.25, 0.3) is 5.91 Å². The number of hydrogen-bond donors (Lipinski definition) is 4. The van der Waals surface area contributed by atoms with E-state index in [0.29, 0.717) is 0 Å². The van der Waals surface area contributed by atoms with E-state index in [0.717, 1.165) is 18.4 Å². The van der Waals surface area contributed by atoms with Crippen molar-refractivity contribution < 1.29 is 24.2 Å². The molecule has 0 saturated carbocycles. The lowest BCUT2D eigenvalue weighted by atomic mass is 10.2. The summed E-state index contributed by atoms with van der Waals surface area (Å²) in [7, 11) is -3.62. The van der Waals surface area contributed by atoms with E-state index in [4.69, 9.17) is 16.7 Å². The molecule has 3 aromatic rings. The second-order valence-electron chi connectivity index (χ2n) is 6.41. The van der Waals surface area contributed by atoms with Crippen molar-refractivity contribution >= 4 is 44.0 Å². The third-order valence-electron chi connectivity index (χ3n) is 4.06. The summed E-state index contributed by atoms with van der Waals surface area (Å²) < 4.78 is 93.3. The zero-order chi connectivity index (χ0) is 28.6. The number of rotatable bonds is 4. The van der Waals surface area contributed by atoms with E-state index in [1.807, 2.05) is 0 Å². The Hall–Kier alpha value is -3.47. The summed E-state index contributed by atoms with van der Waals surface area (Å²) in [5, 5.41) is 0.280. The molecule has 1 amide bonds. The van der Waals surface area contributed by atoms with Gasteiger partial charge in [-0.25, -0.2) is 8.42 Å². The first-order valence-electron chi connectivity index (χ1n) is 12.5. The Morgan fingerprint density at radius 1 is 1.13 bits per heavy atom. The Balaban J connectivity index is 1.85. The van der Waals surface area contributed by atoms with Crippen molar-refractivity contribution in [2.45, 2.75) is 0 Å². The van der Waals surface area contributed by atoms with Gasteiger partial charge in [0, 0.05) is 48.6 Å². The molecule has 10 nitrogen and oxygen atoms in total. The number of benzene rings is 1. The molecule has 5 N–H and O–H groups in total. The van der Waals surface area contributed by atoms with Gasteiger partial charge < -0.3 is 25.5 Å². The van der Waals surface area contributed by atoms with Crippen LogP contribution >= 0.6 is 0 Å². The number of fused-ring (bicyclic) bond motifs is 1. The minimum absolute atomic E-state index is 0.0505. The highest BCUT2D eigenvalue weighted by atomic mass is 32.2. The molecule has 11 heteroatoms. The van der Waals surface area contributed by atoms with E-state index in [1.54, 1.807) is 0 Å². The van der Waals surface area contributed by atoms with Crippen LogP contribution in [0, 0.1) is 0 Å². The molecule has 2 aromatic heterocycles. The number of carbonyl (C=O) groups excluding carboxylic acids is 1. The van der Waals surface area contributed by atoms with Gasteiger partial charge in [0.05, 0.1) is 22.9 Å². The number of carbonyl (C=O) groups is 1. The molecule has 0 atom stereocenters. The fraction of sp³-hybridized carbons (Fsp3) is 0.263. The molecule has 1 aliphatic rings. The molecular weight excluding hydrogens is 408 g/mol. The lowest BCUT2D eigenvalue weighted by Crippen LogP contribution is -2.49. The molecule has 158 valence electrons. The predicted molar refractivity (Wildman–Crippen MR) is 116 cm³/mol. The first-order chi connectivity index (χ1) is 17.2. The highest BCUT2D eigenvalue weighted by Crippen LogP contribution is 2.23. The lowest BCUT2D eigenvalue weighted by molar-refractivity contribution is 0.0741. The molecule has 3 heterocycles. The van der Waals surface area contributed by atoms with Crippen LogP contribution in [0.2, 0.25) is 0 Å². The van der Waals surface area contributed by atoms with Crippen LogP contribution in [0.3, 0.4) is 0 Å². The number of aromatic amines is 2. The number of H-pyrrole nitrogens is 2. The Morgan fingerprint density at radius 3 is 2.57 bits per heavy atom. The van der Waals surface area contributed by atoms with Crippen molar-refractivity contribution in [1.82, 2.24) is 14.9 Å². The van der Waals surface area contributed by atoms with Crippen LogP contribution in [0.4, 0.5) is 17.2 Å². The predicted octanol–water partition coefficient (Wildman–Crippen LogP) is 0.772. The van der Waals surface area contributed by atoms with Gasteiger partial charge in [-0.2, -0.15) is 0 Å². The van der Waals surface area contributed by atoms with Gasteiger partial charge in [-0.05, 0) is 30.3 Å². The Labute approximate surface area is 184 Å². The van der Waals surface area contributed by atoms with Gasteiger partial charge in [-0.3, -0.25) is 14.3 Å². The molecular formula is C19H22N6O4S. The number of nitrogens with two attached hydrogens (primary N) is 1. The third kappa shape index (κ3) is 4.10. The average molecular weight is 439 g/mol. The van der Waals surface area contributed by atoms with Crippen LogP contribution in [0.25, 0.3) is 10.9 Å². The summed E-state index contributed by atoms with van der Waals surface area (Å²) in [5.74, 6) is -2.13. The van der Waals surface area contributed by atoms with Crippen molar-refractivity contribution in [2.24, 2.45) is 0 Å². The van der Waals surface area contributed by atoms with E-state index >= 15 is 0 Å². The molecule has 1 aromatic carbocycles. The zero-order valence-corrected chi connectivity index (χ0v) is 16.3. The zero-order valence-electron chi connectivity index (χ0n) is 23.5. The standard InChI is InChI=1S/C19H22N6O4S/c1-30(28,29)23-13-2-4-15-12(10-13)11-16(21-15)19(27)25-8-6-24(7-9-25)18-14(20)3-5-17(26)22-18/h2-5,10-11,21,23H,6-9,20H2,1H3,(H,22,26)/i6D2,7D2,8D2,9D2. The van der Waals surface area contributed by atoms with Crippen molar-refractivity contribution in [2.75, 3.05) is 47.6 Å². The Morgan fingerprint density at radius 2 is 1.87 bits per heavy atom. The second-order valence-corrected chi connectivity index (χ2v) is 8.16. The van der Waals surface area contributed by atoms with Gasteiger partial charge in [-0.1, -0.05) is 0 Å². The quantitative estimate of drug-likeness (QED) is 0.474. The SMILES string of the molecule is [2H]C1([2H])N(C(=O)c2cc3cc(NS(C)(=O)=O)ccc3[nH]2)C([2H])([2H])C([2H])([2H])N(c2[nH]c(=O)ccc2N)C1([2H])[2H]. The van der Waals surface area contributed by atoms with E-state index in [-0.39, 0.29) is 32.1 Å². The van der Waals surface area contributed by atoms with Gasteiger partial charge in [0.1, 0.15) is 11.5 Å². The van der Waals surface area contributed by atoms with Crippen LogP contribution < -0.4 is 20.9 Å². The molecule has 0 spiro atoms. The molecule has 1 aliphatic heterocycles. The minimum Gasteiger partial charge on any atom is -0.396 e. The number of amides is 1. The lowest BCUT2D eigenvalue weighted by Gasteiger charge is -2.35. The number of sulfonamides is 1. The summed E-state index contributed by atoms with van der Waals surface area (Å²) in [4.78, 5) is 30.1. The van der Waals surface area contributed by atoms with Gasteiger partial charge in [0.2, 0.25) is 15.6 Å². The average Bonchev–Trinajstić information content (AvgIpc) is 3.17. The summed E-state index contributed by atoms with van der Waals surface area (Å²) in [5.41, 5.74) is 4.62. The van der Waals surface area contributed by atoms with Crippen LogP contribution in [0.15, 0.2) is 41.2 Å². The maximum Gasteiger partial charge on any atom is 0.270 e. The maximum absolute atomic E-state index is 13.5. The highest BCUT2D eigenvalue weighted by Gasteiger charge is 2.24. The highest BCUT2D eigenvalue weighted by molar-refractivity contribution is 7.92. The maximum atomic E-state index is 13.5.